The minimum atomic E-state index is -0.0380. The number of aromatic nitrogens is 3. The van der Waals surface area contributed by atoms with E-state index in [0.29, 0.717) is 42.1 Å². The first-order valence-corrected chi connectivity index (χ1v) is 9.01. The molecule has 2 aromatic rings. The van der Waals surface area contributed by atoms with E-state index in [1.165, 1.54) is 0 Å². The van der Waals surface area contributed by atoms with Crippen molar-refractivity contribution in [3.63, 3.8) is 0 Å². The van der Waals surface area contributed by atoms with E-state index >= 15 is 0 Å². The second-order valence-electron chi connectivity index (χ2n) is 6.58. The lowest BCUT2D eigenvalue weighted by molar-refractivity contribution is 0.0750. The Hall–Kier alpha value is -2.66. The number of nitriles is 1. The number of nitrogens with one attached hydrogen (secondary N) is 1. The molecule has 26 heavy (non-hydrogen) atoms. The van der Waals surface area contributed by atoms with Crippen LogP contribution in [0.15, 0.2) is 16.8 Å². The lowest BCUT2D eigenvalue weighted by Gasteiger charge is -2.28. The predicted molar refractivity (Wildman–Crippen MR) is 94.2 cm³/mol. The molecule has 1 amide bonds. The van der Waals surface area contributed by atoms with Gasteiger partial charge in [-0.3, -0.25) is 9.69 Å². The Morgan fingerprint density at radius 1 is 1.50 bits per heavy atom. The summed E-state index contributed by atoms with van der Waals surface area (Å²) < 4.78 is 5.06. The highest BCUT2D eigenvalue weighted by Crippen LogP contribution is 2.20. The molecule has 0 bridgehead atoms. The molecule has 0 saturated carbocycles. The van der Waals surface area contributed by atoms with Crippen LogP contribution < -0.4 is 0 Å². The van der Waals surface area contributed by atoms with E-state index in [2.05, 4.69) is 26.9 Å². The van der Waals surface area contributed by atoms with Gasteiger partial charge in [0.1, 0.15) is 11.8 Å². The maximum atomic E-state index is 12.7. The number of aromatic amines is 1. The van der Waals surface area contributed by atoms with Gasteiger partial charge in [-0.15, -0.1) is 0 Å². The number of aryl methyl sites for hydroxylation is 1. The van der Waals surface area contributed by atoms with E-state index < -0.39 is 0 Å². The van der Waals surface area contributed by atoms with Gasteiger partial charge in [-0.05, 0) is 31.9 Å². The van der Waals surface area contributed by atoms with Gasteiger partial charge in [0, 0.05) is 32.3 Å². The fourth-order valence-electron chi connectivity index (χ4n) is 3.49. The number of hydrogen-bond acceptors (Lipinski definition) is 6. The molecule has 0 aliphatic carbocycles. The van der Waals surface area contributed by atoms with Crippen LogP contribution in [0.4, 0.5) is 0 Å². The molecule has 1 aliphatic heterocycles. The van der Waals surface area contributed by atoms with E-state index in [-0.39, 0.29) is 5.91 Å². The van der Waals surface area contributed by atoms with Gasteiger partial charge in [0.05, 0.1) is 12.1 Å². The van der Waals surface area contributed by atoms with Crippen LogP contribution in [-0.2, 0) is 6.54 Å². The Morgan fingerprint density at radius 2 is 2.35 bits per heavy atom. The van der Waals surface area contributed by atoms with E-state index in [9.17, 15) is 4.79 Å². The van der Waals surface area contributed by atoms with Crippen LogP contribution >= 0.6 is 0 Å². The van der Waals surface area contributed by atoms with Crippen molar-refractivity contribution in [3.8, 4) is 6.07 Å². The van der Waals surface area contributed by atoms with Crippen molar-refractivity contribution in [3.05, 3.63) is 35.2 Å². The smallest absolute Gasteiger partial charge is 0.270 e. The quantitative estimate of drug-likeness (QED) is 0.880. The molecule has 3 rings (SSSR count). The van der Waals surface area contributed by atoms with Crippen LogP contribution in [0.3, 0.4) is 0 Å². The molecule has 0 radical (unpaired) electrons. The standard InChI is InChI=1S/C18H24N6O2/c1-3-23(12-17-21-13(2)26-22-17)15-5-4-7-24(8-6-15)18(25)16-9-14(10-19)11-20-16/h9,11,15,20H,3-8,12H2,1-2H3/t15-/m1/s1. The van der Waals surface area contributed by atoms with Crippen LogP contribution in [0.5, 0.6) is 0 Å². The molecule has 0 spiro atoms. The Balaban J connectivity index is 1.61. The highest BCUT2D eigenvalue weighted by Gasteiger charge is 2.26. The lowest BCUT2D eigenvalue weighted by Crippen LogP contribution is -2.37. The average Bonchev–Trinajstić information content (AvgIpc) is 3.22. The van der Waals surface area contributed by atoms with Crippen LogP contribution in [-0.4, -0.2) is 56.5 Å². The third kappa shape index (κ3) is 4.11. The van der Waals surface area contributed by atoms with Crippen molar-refractivity contribution in [1.29, 1.82) is 5.26 Å². The fourth-order valence-corrected chi connectivity index (χ4v) is 3.49. The van der Waals surface area contributed by atoms with E-state index in [1.54, 1.807) is 19.2 Å². The Kier molecular flexibility index (Phi) is 5.68. The number of nitrogens with zero attached hydrogens (tertiary/aromatic N) is 5. The molecular weight excluding hydrogens is 332 g/mol. The maximum absolute atomic E-state index is 12.7. The van der Waals surface area contributed by atoms with Crippen LogP contribution in [0.25, 0.3) is 0 Å². The van der Waals surface area contributed by atoms with Gasteiger partial charge >= 0.3 is 0 Å². The minimum Gasteiger partial charge on any atom is -0.356 e. The van der Waals surface area contributed by atoms with Gasteiger partial charge < -0.3 is 14.4 Å². The van der Waals surface area contributed by atoms with Crippen molar-refractivity contribution in [2.24, 2.45) is 0 Å². The summed E-state index contributed by atoms with van der Waals surface area (Å²) in [6.45, 7) is 6.91. The summed E-state index contributed by atoms with van der Waals surface area (Å²) >= 11 is 0. The van der Waals surface area contributed by atoms with Gasteiger partial charge in [-0.2, -0.15) is 10.2 Å². The summed E-state index contributed by atoms with van der Waals surface area (Å²) in [6, 6.07) is 4.04. The van der Waals surface area contributed by atoms with Gasteiger partial charge in [-0.1, -0.05) is 12.1 Å². The molecule has 3 heterocycles. The number of amides is 1. The highest BCUT2D eigenvalue weighted by molar-refractivity contribution is 5.92. The van der Waals surface area contributed by atoms with Gasteiger partial charge in [0.2, 0.25) is 5.89 Å². The zero-order valence-corrected chi connectivity index (χ0v) is 15.2. The monoisotopic (exact) mass is 356 g/mol. The summed E-state index contributed by atoms with van der Waals surface area (Å²) in [5.74, 6) is 1.25. The van der Waals surface area contributed by atoms with Crippen molar-refractivity contribution < 1.29 is 9.32 Å². The molecule has 0 unspecified atom stereocenters. The number of hydrogen-bond donors (Lipinski definition) is 1. The Morgan fingerprint density at radius 3 is 3.00 bits per heavy atom. The van der Waals surface area contributed by atoms with Gasteiger partial charge in [-0.25, -0.2) is 0 Å². The second-order valence-corrected chi connectivity index (χ2v) is 6.58. The summed E-state index contributed by atoms with van der Waals surface area (Å²) in [4.78, 5) is 24.1. The zero-order chi connectivity index (χ0) is 18.5. The minimum absolute atomic E-state index is 0.0380. The first-order chi connectivity index (χ1) is 12.6. The van der Waals surface area contributed by atoms with Gasteiger partial charge in [0.15, 0.2) is 5.82 Å². The molecule has 1 fully saturated rings. The first-order valence-electron chi connectivity index (χ1n) is 9.01. The maximum Gasteiger partial charge on any atom is 0.270 e. The van der Waals surface area contributed by atoms with Crippen LogP contribution in [0, 0.1) is 18.3 Å². The SMILES string of the molecule is CCN(Cc1noc(C)n1)[C@@H]1CCCN(C(=O)c2cc(C#N)c[nH]2)CC1. The molecular formula is C18H24N6O2. The summed E-state index contributed by atoms with van der Waals surface area (Å²) in [6.07, 6.45) is 4.45. The number of carbonyl (C=O) groups is 1. The third-order valence-electron chi connectivity index (χ3n) is 4.86. The molecule has 1 atom stereocenters. The summed E-state index contributed by atoms with van der Waals surface area (Å²) in [7, 11) is 0. The molecule has 1 N–H and O–H groups in total. The Labute approximate surface area is 152 Å². The summed E-state index contributed by atoms with van der Waals surface area (Å²) in [5, 5.41) is 12.9. The molecule has 0 aromatic carbocycles. The largest absolute Gasteiger partial charge is 0.356 e. The van der Waals surface area contributed by atoms with Crippen molar-refractivity contribution in [2.75, 3.05) is 19.6 Å². The topological polar surface area (TPSA) is 102 Å². The normalized spacial score (nSPS) is 17.9. The number of rotatable bonds is 5. The number of carbonyl (C=O) groups excluding carboxylic acids is 1. The summed E-state index contributed by atoms with van der Waals surface area (Å²) in [5.41, 5.74) is 0.961. The zero-order valence-electron chi connectivity index (χ0n) is 15.2. The van der Waals surface area contributed by atoms with Gasteiger partial charge in [0.25, 0.3) is 5.91 Å². The molecule has 138 valence electrons. The number of H-pyrrole nitrogens is 1. The van der Waals surface area contributed by atoms with E-state index in [4.69, 9.17) is 9.78 Å². The number of likely N-dealkylation sites (tertiary alicyclic amines) is 1. The Bertz CT molecular complexity index is 790. The molecule has 8 heteroatoms. The van der Waals surface area contributed by atoms with E-state index in [0.717, 1.165) is 32.4 Å². The van der Waals surface area contributed by atoms with Crippen molar-refractivity contribution in [2.45, 2.75) is 45.7 Å². The predicted octanol–water partition coefficient (Wildman–Crippen LogP) is 2.09. The molecule has 1 saturated heterocycles. The lowest BCUT2D eigenvalue weighted by atomic mass is 10.1. The second kappa shape index (κ2) is 8.15. The first kappa shape index (κ1) is 18.1. The van der Waals surface area contributed by atoms with Crippen LogP contribution in [0.1, 0.15) is 54.0 Å². The molecule has 2 aromatic heterocycles. The molecule has 1 aliphatic rings. The van der Waals surface area contributed by atoms with Crippen molar-refractivity contribution >= 4 is 5.91 Å². The fraction of sp³-hybridized carbons (Fsp3) is 0.556. The highest BCUT2D eigenvalue weighted by atomic mass is 16.5. The van der Waals surface area contributed by atoms with Crippen LogP contribution in [0.2, 0.25) is 0 Å². The van der Waals surface area contributed by atoms with E-state index in [1.807, 2.05) is 11.0 Å². The van der Waals surface area contributed by atoms with Crippen molar-refractivity contribution in [1.82, 2.24) is 24.9 Å². The average molecular weight is 356 g/mol. The third-order valence-corrected chi connectivity index (χ3v) is 4.86. The molecule has 8 nitrogen and oxygen atoms in total.